The zero-order valence-electron chi connectivity index (χ0n) is 9.36. The number of hydrogen-bond acceptors (Lipinski definition) is 2. The van der Waals surface area contributed by atoms with Crippen LogP contribution in [0.15, 0.2) is 42.6 Å². The Kier molecular flexibility index (Phi) is 2.52. The second kappa shape index (κ2) is 4.17. The van der Waals surface area contributed by atoms with Gasteiger partial charge in [0.05, 0.1) is 5.52 Å². The van der Waals surface area contributed by atoms with Gasteiger partial charge in [0.15, 0.2) is 0 Å². The summed E-state index contributed by atoms with van der Waals surface area (Å²) in [5.41, 5.74) is 1.73. The highest BCUT2D eigenvalue weighted by Crippen LogP contribution is 2.25. The smallest absolute Gasteiger partial charge is 0.125 e. The third kappa shape index (κ3) is 2.00. The SMILES string of the molecule is Fc1ccc2c(NC3CC=CC3)ccnc2c1. The first-order chi connectivity index (χ1) is 8.33. The van der Waals surface area contributed by atoms with E-state index in [1.807, 2.05) is 6.07 Å². The van der Waals surface area contributed by atoms with E-state index < -0.39 is 0 Å². The second-order valence-corrected chi connectivity index (χ2v) is 4.30. The van der Waals surface area contributed by atoms with E-state index >= 15 is 0 Å². The molecule has 1 N–H and O–H groups in total. The zero-order valence-corrected chi connectivity index (χ0v) is 9.36. The van der Waals surface area contributed by atoms with Crippen molar-refractivity contribution in [2.24, 2.45) is 0 Å². The molecule has 0 bridgehead atoms. The van der Waals surface area contributed by atoms with Crippen LogP contribution in [-0.4, -0.2) is 11.0 Å². The Morgan fingerprint density at radius 1 is 1.18 bits per heavy atom. The molecule has 0 atom stereocenters. The quantitative estimate of drug-likeness (QED) is 0.796. The Labute approximate surface area is 99.2 Å². The first-order valence-corrected chi connectivity index (χ1v) is 5.79. The van der Waals surface area contributed by atoms with Gasteiger partial charge in [0.25, 0.3) is 0 Å². The predicted molar refractivity (Wildman–Crippen MR) is 67.5 cm³/mol. The maximum Gasteiger partial charge on any atom is 0.125 e. The molecule has 2 aromatic rings. The summed E-state index contributed by atoms with van der Waals surface area (Å²) in [6.45, 7) is 0. The van der Waals surface area contributed by atoms with Crippen molar-refractivity contribution in [3.63, 3.8) is 0 Å². The van der Waals surface area contributed by atoms with E-state index in [1.165, 1.54) is 12.1 Å². The molecule has 0 amide bonds. The summed E-state index contributed by atoms with van der Waals surface area (Å²) < 4.78 is 13.1. The van der Waals surface area contributed by atoms with Crippen LogP contribution < -0.4 is 5.32 Å². The Morgan fingerprint density at radius 3 is 2.82 bits per heavy atom. The van der Waals surface area contributed by atoms with Crippen LogP contribution in [0.3, 0.4) is 0 Å². The first kappa shape index (κ1) is 10.3. The van der Waals surface area contributed by atoms with Crippen LogP contribution in [0, 0.1) is 5.82 Å². The summed E-state index contributed by atoms with van der Waals surface area (Å²) in [6, 6.07) is 7.11. The highest BCUT2D eigenvalue weighted by molar-refractivity contribution is 5.91. The molecule has 0 saturated carbocycles. The average Bonchev–Trinajstić information content (AvgIpc) is 2.82. The number of halogens is 1. The maximum atomic E-state index is 13.1. The van der Waals surface area contributed by atoms with E-state index in [0.717, 1.165) is 23.9 Å². The fourth-order valence-corrected chi connectivity index (χ4v) is 2.20. The molecular weight excluding hydrogens is 215 g/mol. The minimum Gasteiger partial charge on any atom is -0.381 e. The molecule has 0 unspecified atom stereocenters. The number of rotatable bonds is 2. The lowest BCUT2D eigenvalue weighted by Crippen LogP contribution is -2.15. The van der Waals surface area contributed by atoms with Crippen LogP contribution in [0.1, 0.15) is 12.8 Å². The van der Waals surface area contributed by atoms with Gasteiger partial charge in [0.1, 0.15) is 5.82 Å². The van der Waals surface area contributed by atoms with Crippen molar-refractivity contribution in [3.05, 3.63) is 48.4 Å². The molecule has 1 aromatic carbocycles. The normalized spacial score (nSPS) is 15.6. The molecular formula is C14H13FN2. The van der Waals surface area contributed by atoms with Crippen LogP contribution in [0.4, 0.5) is 10.1 Å². The van der Waals surface area contributed by atoms with Gasteiger partial charge in [0.2, 0.25) is 0 Å². The van der Waals surface area contributed by atoms with Crippen molar-refractivity contribution >= 4 is 16.6 Å². The second-order valence-electron chi connectivity index (χ2n) is 4.30. The summed E-state index contributed by atoms with van der Waals surface area (Å²) in [6.07, 6.45) is 8.17. The van der Waals surface area contributed by atoms with E-state index in [9.17, 15) is 4.39 Å². The molecule has 3 heteroatoms. The molecule has 0 aliphatic heterocycles. The highest BCUT2D eigenvalue weighted by Gasteiger charge is 2.11. The van der Waals surface area contributed by atoms with Gasteiger partial charge in [0, 0.05) is 29.4 Å². The number of nitrogens with zero attached hydrogens (tertiary/aromatic N) is 1. The van der Waals surface area contributed by atoms with Gasteiger partial charge in [-0.2, -0.15) is 0 Å². The number of pyridine rings is 1. The number of aromatic nitrogens is 1. The fraction of sp³-hybridized carbons (Fsp3) is 0.214. The minimum absolute atomic E-state index is 0.246. The van der Waals surface area contributed by atoms with E-state index in [-0.39, 0.29) is 5.82 Å². The number of hydrogen-bond donors (Lipinski definition) is 1. The average molecular weight is 228 g/mol. The van der Waals surface area contributed by atoms with Gasteiger partial charge >= 0.3 is 0 Å². The number of anilines is 1. The molecule has 17 heavy (non-hydrogen) atoms. The van der Waals surface area contributed by atoms with Gasteiger partial charge in [-0.1, -0.05) is 12.2 Å². The lowest BCUT2D eigenvalue weighted by molar-refractivity contribution is 0.629. The maximum absolute atomic E-state index is 13.1. The van der Waals surface area contributed by atoms with Gasteiger partial charge in [-0.25, -0.2) is 4.39 Å². The Balaban J connectivity index is 1.98. The minimum atomic E-state index is -0.246. The molecule has 0 fully saturated rings. The molecule has 1 aliphatic rings. The van der Waals surface area contributed by atoms with E-state index in [4.69, 9.17) is 0 Å². The van der Waals surface area contributed by atoms with Crippen molar-refractivity contribution in [1.29, 1.82) is 0 Å². The number of benzene rings is 1. The standard InChI is InChI=1S/C14H13FN2/c15-10-5-6-12-13(7-8-16-14(12)9-10)17-11-3-1-2-4-11/h1-2,5-9,11H,3-4H2,(H,16,17). The Morgan fingerprint density at radius 2 is 2.00 bits per heavy atom. The summed E-state index contributed by atoms with van der Waals surface area (Å²) in [4.78, 5) is 4.18. The highest BCUT2D eigenvalue weighted by atomic mass is 19.1. The van der Waals surface area contributed by atoms with Gasteiger partial charge < -0.3 is 5.32 Å². The molecule has 3 rings (SSSR count). The fourth-order valence-electron chi connectivity index (χ4n) is 2.20. The van der Waals surface area contributed by atoms with Crippen molar-refractivity contribution in [2.45, 2.75) is 18.9 Å². The molecule has 1 aliphatic carbocycles. The number of nitrogens with one attached hydrogen (secondary N) is 1. The van der Waals surface area contributed by atoms with Crippen molar-refractivity contribution in [1.82, 2.24) is 4.98 Å². The zero-order chi connectivity index (χ0) is 11.7. The molecule has 0 radical (unpaired) electrons. The lowest BCUT2D eigenvalue weighted by Gasteiger charge is -2.15. The molecule has 1 heterocycles. The summed E-state index contributed by atoms with van der Waals surface area (Å²) in [7, 11) is 0. The topological polar surface area (TPSA) is 24.9 Å². The Bertz CT molecular complexity index is 569. The van der Waals surface area contributed by atoms with Crippen LogP contribution in [0.5, 0.6) is 0 Å². The van der Waals surface area contributed by atoms with Crippen LogP contribution >= 0.6 is 0 Å². The summed E-state index contributed by atoms with van der Waals surface area (Å²) >= 11 is 0. The van der Waals surface area contributed by atoms with Gasteiger partial charge in [-0.15, -0.1) is 0 Å². The lowest BCUT2D eigenvalue weighted by atomic mass is 10.1. The molecule has 0 spiro atoms. The van der Waals surface area contributed by atoms with E-state index in [2.05, 4.69) is 22.5 Å². The van der Waals surface area contributed by atoms with E-state index in [0.29, 0.717) is 11.6 Å². The monoisotopic (exact) mass is 228 g/mol. The van der Waals surface area contributed by atoms with Gasteiger partial charge in [-0.3, -0.25) is 4.98 Å². The summed E-state index contributed by atoms with van der Waals surface area (Å²) in [5.74, 6) is -0.246. The Hall–Kier alpha value is -1.90. The third-order valence-electron chi connectivity index (χ3n) is 3.07. The van der Waals surface area contributed by atoms with Crippen LogP contribution in [0.2, 0.25) is 0 Å². The largest absolute Gasteiger partial charge is 0.381 e. The molecule has 86 valence electrons. The first-order valence-electron chi connectivity index (χ1n) is 5.79. The number of fused-ring (bicyclic) bond motifs is 1. The predicted octanol–water partition coefficient (Wildman–Crippen LogP) is 3.50. The van der Waals surface area contributed by atoms with Crippen LogP contribution in [-0.2, 0) is 0 Å². The van der Waals surface area contributed by atoms with E-state index in [1.54, 1.807) is 12.3 Å². The molecule has 2 nitrogen and oxygen atoms in total. The molecule has 0 saturated heterocycles. The third-order valence-corrected chi connectivity index (χ3v) is 3.07. The summed E-state index contributed by atoms with van der Waals surface area (Å²) in [5, 5.41) is 4.45. The van der Waals surface area contributed by atoms with Crippen molar-refractivity contribution < 1.29 is 4.39 Å². The van der Waals surface area contributed by atoms with Crippen LogP contribution in [0.25, 0.3) is 10.9 Å². The van der Waals surface area contributed by atoms with Crippen molar-refractivity contribution in [3.8, 4) is 0 Å². The van der Waals surface area contributed by atoms with Gasteiger partial charge in [-0.05, 0) is 31.0 Å². The van der Waals surface area contributed by atoms with Crippen molar-refractivity contribution in [2.75, 3.05) is 5.32 Å². The molecule has 1 aromatic heterocycles.